The van der Waals surface area contributed by atoms with Gasteiger partial charge in [0.1, 0.15) is 0 Å². The summed E-state index contributed by atoms with van der Waals surface area (Å²) in [6, 6.07) is 7.58. The van der Waals surface area contributed by atoms with Gasteiger partial charge in [-0.15, -0.1) is 0 Å². The lowest BCUT2D eigenvalue weighted by molar-refractivity contribution is -0.120. The Morgan fingerprint density at radius 2 is 1.80 bits per heavy atom. The minimum absolute atomic E-state index is 0.0907. The Hall–Kier alpha value is -2.17. The van der Waals surface area contributed by atoms with Crippen molar-refractivity contribution in [3.63, 3.8) is 0 Å². The highest BCUT2D eigenvalue weighted by Crippen LogP contribution is 2.18. The van der Waals surface area contributed by atoms with E-state index in [1.54, 1.807) is 0 Å². The smallest absolute Gasteiger partial charge is 0.244 e. The number of fused-ring (bicyclic) bond motifs is 2. The molecule has 15 heavy (non-hydrogen) atoms. The van der Waals surface area contributed by atoms with Gasteiger partial charge in [-0.2, -0.15) is 0 Å². The normalized spacial score (nSPS) is 14.3. The molecule has 0 unspecified atom stereocenters. The Labute approximate surface area is 85.5 Å². The Morgan fingerprint density at radius 1 is 1.07 bits per heavy atom. The summed E-state index contributed by atoms with van der Waals surface area (Å²) in [6.07, 6.45) is 0.278. The van der Waals surface area contributed by atoms with Gasteiger partial charge in [0.25, 0.3) is 0 Å². The van der Waals surface area contributed by atoms with Crippen LogP contribution >= 0.6 is 0 Å². The van der Waals surface area contributed by atoms with E-state index >= 15 is 0 Å². The minimum Gasteiger partial charge on any atom is -0.280 e. The molecule has 0 saturated carbocycles. The van der Waals surface area contributed by atoms with Gasteiger partial charge >= 0.3 is 0 Å². The maximum Gasteiger partial charge on any atom is 0.244 e. The molecule has 5 heteroatoms. The summed E-state index contributed by atoms with van der Waals surface area (Å²) >= 11 is 0. The van der Waals surface area contributed by atoms with Crippen LogP contribution in [0.5, 0.6) is 0 Å². The number of benzene rings is 1. The van der Waals surface area contributed by atoms with Gasteiger partial charge in [-0.25, -0.2) is 9.97 Å². The van der Waals surface area contributed by atoms with Crippen molar-refractivity contribution in [2.24, 2.45) is 0 Å². The number of aromatic nitrogens is 2. The first-order valence-electron chi connectivity index (χ1n) is 4.63. The molecule has 2 heterocycles. The van der Waals surface area contributed by atoms with Crippen molar-refractivity contribution in [1.82, 2.24) is 15.4 Å². The first kappa shape index (κ1) is 8.16. The number of para-hydroxylation sites is 2. The average Bonchev–Trinajstić information content (AvgIpc) is 2.26. The first-order chi connectivity index (χ1) is 7.33. The van der Waals surface area contributed by atoms with Crippen LogP contribution in [0.2, 0.25) is 0 Å². The molecule has 0 fully saturated rings. The molecule has 0 spiro atoms. The third kappa shape index (κ3) is 1.28. The van der Waals surface area contributed by atoms with E-state index in [4.69, 9.17) is 0 Å². The Morgan fingerprint density at radius 3 is 2.60 bits per heavy atom. The van der Waals surface area contributed by atoms with Crippen LogP contribution in [0.25, 0.3) is 11.0 Å². The van der Waals surface area contributed by atoms with Crippen molar-refractivity contribution < 1.29 is 4.79 Å². The number of nitrogens with zero attached hydrogens (tertiary/aromatic N) is 2. The van der Waals surface area contributed by atoms with Gasteiger partial charge in [-0.3, -0.25) is 15.6 Å². The highest BCUT2D eigenvalue weighted by atomic mass is 16.2. The molecule has 0 saturated heterocycles. The summed E-state index contributed by atoms with van der Waals surface area (Å²) in [4.78, 5) is 19.9. The summed E-state index contributed by atoms with van der Waals surface area (Å²) in [7, 11) is 0. The van der Waals surface area contributed by atoms with Crippen molar-refractivity contribution in [2.45, 2.75) is 6.42 Å². The van der Waals surface area contributed by atoms with E-state index in [9.17, 15) is 4.79 Å². The second kappa shape index (κ2) is 2.91. The SMILES string of the molecule is O=C1Cc2nc3ccccc3nc2NN1. The van der Waals surface area contributed by atoms with Crippen LogP contribution in [-0.2, 0) is 11.2 Å². The number of nitrogens with one attached hydrogen (secondary N) is 2. The Bertz CT molecular complexity index is 552. The third-order valence-corrected chi connectivity index (χ3v) is 2.29. The molecule has 0 aliphatic carbocycles. The monoisotopic (exact) mass is 200 g/mol. The van der Waals surface area contributed by atoms with Crippen LogP contribution in [0.15, 0.2) is 24.3 Å². The summed E-state index contributed by atoms with van der Waals surface area (Å²) in [5.41, 5.74) is 7.57. The van der Waals surface area contributed by atoms with E-state index in [1.165, 1.54) is 0 Å². The van der Waals surface area contributed by atoms with E-state index < -0.39 is 0 Å². The number of rotatable bonds is 0. The largest absolute Gasteiger partial charge is 0.280 e. The number of anilines is 1. The maximum absolute atomic E-state index is 11.1. The van der Waals surface area contributed by atoms with Gasteiger partial charge in [0.15, 0.2) is 5.82 Å². The molecular weight excluding hydrogens is 192 g/mol. The summed E-state index contributed by atoms with van der Waals surface area (Å²) in [6.45, 7) is 0. The molecule has 0 bridgehead atoms. The number of hydrogen-bond acceptors (Lipinski definition) is 4. The van der Waals surface area contributed by atoms with Gasteiger partial charge in [-0.05, 0) is 12.1 Å². The predicted molar refractivity (Wildman–Crippen MR) is 55.0 cm³/mol. The molecule has 3 rings (SSSR count). The van der Waals surface area contributed by atoms with Crippen molar-refractivity contribution in [2.75, 3.05) is 5.43 Å². The van der Waals surface area contributed by atoms with Crippen LogP contribution in [-0.4, -0.2) is 15.9 Å². The number of amides is 1. The summed E-state index contributed by atoms with van der Waals surface area (Å²) < 4.78 is 0. The molecule has 74 valence electrons. The molecule has 0 atom stereocenters. The lowest BCUT2D eigenvalue weighted by Gasteiger charge is -2.16. The number of carbonyl (C=O) groups excluding carboxylic acids is 1. The molecular formula is C10H8N4O. The molecule has 0 radical (unpaired) electrons. The zero-order chi connectivity index (χ0) is 10.3. The molecule has 2 N–H and O–H groups in total. The van der Waals surface area contributed by atoms with Crippen LogP contribution in [0, 0.1) is 0 Å². The topological polar surface area (TPSA) is 66.9 Å². The highest BCUT2D eigenvalue weighted by Gasteiger charge is 2.17. The fraction of sp³-hybridized carbons (Fsp3) is 0.100. The fourth-order valence-corrected chi connectivity index (χ4v) is 1.59. The maximum atomic E-state index is 11.1. The van der Waals surface area contributed by atoms with Crippen LogP contribution < -0.4 is 10.9 Å². The number of carbonyl (C=O) groups is 1. The van der Waals surface area contributed by atoms with E-state index in [-0.39, 0.29) is 12.3 Å². The van der Waals surface area contributed by atoms with Crippen LogP contribution in [0.1, 0.15) is 5.69 Å². The van der Waals surface area contributed by atoms with Crippen molar-refractivity contribution in [3.05, 3.63) is 30.0 Å². The molecule has 1 aromatic heterocycles. The predicted octanol–water partition coefficient (Wildman–Crippen LogP) is 0.629. The lowest BCUT2D eigenvalue weighted by Crippen LogP contribution is -2.36. The van der Waals surface area contributed by atoms with Gasteiger partial charge in [-0.1, -0.05) is 12.1 Å². The van der Waals surface area contributed by atoms with E-state index in [2.05, 4.69) is 20.8 Å². The zero-order valence-electron chi connectivity index (χ0n) is 7.82. The van der Waals surface area contributed by atoms with Gasteiger partial charge in [0.05, 0.1) is 23.1 Å². The minimum atomic E-state index is -0.0907. The number of hydrogen-bond donors (Lipinski definition) is 2. The Balaban J connectivity index is 2.24. The zero-order valence-corrected chi connectivity index (χ0v) is 7.82. The first-order valence-corrected chi connectivity index (χ1v) is 4.63. The molecule has 5 nitrogen and oxygen atoms in total. The standard InChI is InChI=1S/C10H8N4O/c15-9-5-8-10(14-13-9)12-7-4-2-1-3-6(7)11-8/h1-4H,5H2,(H,12,14)(H,13,15). The second-order valence-corrected chi connectivity index (χ2v) is 3.36. The van der Waals surface area contributed by atoms with E-state index in [0.29, 0.717) is 11.5 Å². The van der Waals surface area contributed by atoms with Crippen molar-refractivity contribution >= 4 is 22.8 Å². The summed E-state index contributed by atoms with van der Waals surface area (Å²) in [5.74, 6) is 0.542. The third-order valence-electron chi connectivity index (χ3n) is 2.29. The highest BCUT2D eigenvalue weighted by molar-refractivity contribution is 5.85. The molecule has 1 aliphatic rings. The molecule has 2 aromatic rings. The van der Waals surface area contributed by atoms with Crippen molar-refractivity contribution in [3.8, 4) is 0 Å². The van der Waals surface area contributed by atoms with E-state index in [1.807, 2.05) is 24.3 Å². The molecule has 1 aromatic carbocycles. The van der Waals surface area contributed by atoms with Gasteiger partial charge in [0.2, 0.25) is 5.91 Å². The molecule has 1 aliphatic heterocycles. The Kier molecular flexibility index (Phi) is 1.58. The fourth-order valence-electron chi connectivity index (χ4n) is 1.59. The van der Waals surface area contributed by atoms with Crippen LogP contribution in [0.4, 0.5) is 5.82 Å². The quantitative estimate of drug-likeness (QED) is 0.654. The van der Waals surface area contributed by atoms with Crippen molar-refractivity contribution in [1.29, 1.82) is 0 Å². The van der Waals surface area contributed by atoms with Gasteiger partial charge in [0, 0.05) is 0 Å². The van der Waals surface area contributed by atoms with E-state index in [0.717, 1.165) is 11.0 Å². The number of hydrazine groups is 1. The average molecular weight is 200 g/mol. The second-order valence-electron chi connectivity index (χ2n) is 3.36. The summed E-state index contributed by atoms with van der Waals surface area (Å²) in [5, 5.41) is 0. The molecule has 1 amide bonds. The van der Waals surface area contributed by atoms with Crippen LogP contribution in [0.3, 0.4) is 0 Å². The lowest BCUT2D eigenvalue weighted by atomic mass is 10.2. The van der Waals surface area contributed by atoms with Gasteiger partial charge < -0.3 is 0 Å².